The third kappa shape index (κ3) is 4.35. The summed E-state index contributed by atoms with van der Waals surface area (Å²) in [6, 6.07) is 0. The minimum atomic E-state index is -3.87. The maximum Gasteiger partial charge on any atom is 0.365 e. The molecule has 1 N–H and O–H groups in total. The fourth-order valence-electron chi connectivity index (χ4n) is 2.16. The van der Waals surface area contributed by atoms with E-state index in [9.17, 15) is 8.42 Å². The molecule has 0 aromatic rings. The summed E-state index contributed by atoms with van der Waals surface area (Å²) in [5, 5.41) is 0. The van der Waals surface area contributed by atoms with Gasteiger partial charge in [0.1, 0.15) is 0 Å². The molecule has 16 heavy (non-hydrogen) atoms. The Kier molecular flexibility index (Phi) is 5.98. The monoisotopic (exact) mass is 265 g/mol. The third-order valence-electron chi connectivity index (χ3n) is 3.35. The molecule has 6 heteroatoms. The fraction of sp³-hybridized carbons (Fsp3) is 1.00. The summed E-state index contributed by atoms with van der Waals surface area (Å²) < 4.78 is 30.2. The largest absolute Gasteiger partial charge is 0.365 e. The standard InChI is InChI=1S/C10H23BO3PS/c1-8(2)15(11,9(3)4)10(5)6-7-16(12,13)14/h8-10H,6-7H2,1-5H3,(H,12,13,14)/q+1. The van der Waals surface area contributed by atoms with E-state index in [1.54, 1.807) is 0 Å². The second kappa shape index (κ2) is 5.84. The molecule has 1 unspecified atom stereocenters. The van der Waals surface area contributed by atoms with Crippen LogP contribution in [0.25, 0.3) is 0 Å². The Labute approximate surface area is 102 Å². The quantitative estimate of drug-likeness (QED) is 0.456. The smallest absolute Gasteiger partial charge is 0.286 e. The first kappa shape index (κ1) is 16.4. The summed E-state index contributed by atoms with van der Waals surface area (Å²) >= 11 is 0. The topological polar surface area (TPSA) is 54.4 Å². The van der Waals surface area contributed by atoms with E-state index in [0.29, 0.717) is 17.7 Å². The summed E-state index contributed by atoms with van der Waals surface area (Å²) in [7, 11) is 0.957. The normalized spacial score (nSPS) is 15.8. The van der Waals surface area contributed by atoms with Crippen LogP contribution in [0.15, 0.2) is 0 Å². The molecule has 0 saturated carbocycles. The van der Waals surface area contributed by atoms with Crippen molar-refractivity contribution >= 4 is 24.8 Å². The van der Waals surface area contributed by atoms with Gasteiger partial charge >= 0.3 is 7.57 Å². The minimum Gasteiger partial charge on any atom is -0.286 e. The molecular formula is C10H23BO3PS+. The van der Waals surface area contributed by atoms with Crippen LogP contribution in [0.1, 0.15) is 41.0 Å². The Morgan fingerprint density at radius 3 is 1.75 bits per heavy atom. The van der Waals surface area contributed by atoms with Gasteiger partial charge in [0, 0.05) is 11.3 Å². The van der Waals surface area contributed by atoms with Crippen molar-refractivity contribution in [3.05, 3.63) is 0 Å². The molecule has 0 aromatic carbocycles. The molecule has 0 spiro atoms. The Hall–Kier alpha value is 0.405. The molecular weight excluding hydrogens is 242 g/mol. The lowest BCUT2D eigenvalue weighted by molar-refractivity contribution is 0.481. The highest BCUT2D eigenvalue weighted by Crippen LogP contribution is 2.66. The van der Waals surface area contributed by atoms with E-state index < -0.39 is 17.3 Å². The predicted octanol–water partition coefficient (Wildman–Crippen LogP) is 2.57. The van der Waals surface area contributed by atoms with Crippen LogP contribution in [0, 0.1) is 0 Å². The Balaban J connectivity index is 4.72. The van der Waals surface area contributed by atoms with Gasteiger partial charge in [0.15, 0.2) is 0 Å². The van der Waals surface area contributed by atoms with Crippen LogP contribution in [0.5, 0.6) is 0 Å². The van der Waals surface area contributed by atoms with Crippen molar-refractivity contribution in [3.63, 3.8) is 0 Å². The molecule has 0 heterocycles. The summed E-state index contributed by atoms with van der Waals surface area (Å²) in [6.45, 7) is 10.4. The van der Waals surface area contributed by atoms with Crippen LogP contribution in [0.4, 0.5) is 0 Å². The highest BCUT2D eigenvalue weighted by Gasteiger charge is 2.44. The second-order valence-corrected chi connectivity index (χ2v) is 11.3. The Morgan fingerprint density at radius 1 is 1.12 bits per heavy atom. The van der Waals surface area contributed by atoms with E-state index in [1.807, 2.05) is 6.92 Å². The zero-order valence-corrected chi connectivity index (χ0v) is 12.6. The molecule has 0 fully saturated rings. The molecule has 0 aliphatic rings. The fourth-order valence-corrected chi connectivity index (χ4v) is 6.79. The predicted molar refractivity (Wildman–Crippen MR) is 73.4 cm³/mol. The lowest BCUT2D eigenvalue weighted by Gasteiger charge is -2.37. The zero-order valence-electron chi connectivity index (χ0n) is 10.8. The summed E-state index contributed by atoms with van der Waals surface area (Å²) in [5.41, 5.74) is 0.919. The van der Waals surface area contributed by atoms with Crippen LogP contribution >= 0.6 is 7.14 Å². The van der Waals surface area contributed by atoms with Gasteiger partial charge in [-0.2, -0.15) is 8.42 Å². The molecule has 0 aliphatic heterocycles. The molecule has 0 bridgehead atoms. The van der Waals surface area contributed by atoms with Crippen LogP contribution in [0.2, 0.25) is 0 Å². The van der Waals surface area contributed by atoms with Crippen LogP contribution in [-0.2, 0) is 10.1 Å². The van der Waals surface area contributed by atoms with Crippen molar-refractivity contribution in [1.29, 1.82) is 0 Å². The molecule has 2 radical (unpaired) electrons. The van der Waals surface area contributed by atoms with Gasteiger partial charge in [-0.05, 0) is 48.2 Å². The summed E-state index contributed by atoms with van der Waals surface area (Å²) in [4.78, 5) is 0. The van der Waals surface area contributed by atoms with Crippen molar-refractivity contribution in [2.45, 2.75) is 58.0 Å². The van der Waals surface area contributed by atoms with Gasteiger partial charge in [-0.1, -0.05) is 0 Å². The number of rotatable bonds is 6. The molecule has 94 valence electrons. The van der Waals surface area contributed by atoms with E-state index in [4.69, 9.17) is 12.1 Å². The Morgan fingerprint density at radius 2 is 1.50 bits per heavy atom. The molecule has 0 aliphatic carbocycles. The summed E-state index contributed by atoms with van der Waals surface area (Å²) in [5.74, 6) is -0.188. The molecule has 0 saturated heterocycles. The van der Waals surface area contributed by atoms with Crippen LogP contribution in [-0.4, -0.2) is 43.3 Å². The number of hydrogen-bond acceptors (Lipinski definition) is 2. The maximum absolute atomic E-state index is 10.7. The zero-order chi connectivity index (χ0) is 13.1. The van der Waals surface area contributed by atoms with Gasteiger partial charge < -0.3 is 0 Å². The van der Waals surface area contributed by atoms with Gasteiger partial charge in [-0.3, -0.25) is 4.55 Å². The van der Waals surface area contributed by atoms with Crippen molar-refractivity contribution in [2.24, 2.45) is 0 Å². The van der Waals surface area contributed by atoms with Crippen molar-refractivity contribution < 1.29 is 13.0 Å². The first-order valence-corrected chi connectivity index (χ1v) is 9.31. The van der Waals surface area contributed by atoms with E-state index in [2.05, 4.69) is 27.7 Å². The van der Waals surface area contributed by atoms with E-state index in [0.717, 1.165) is 0 Å². The average molecular weight is 265 g/mol. The first-order valence-electron chi connectivity index (χ1n) is 5.63. The third-order valence-corrected chi connectivity index (χ3v) is 9.46. The molecule has 0 amide bonds. The first-order chi connectivity index (χ1) is 7.01. The second-order valence-electron chi connectivity index (χ2n) is 5.01. The lowest BCUT2D eigenvalue weighted by Crippen LogP contribution is -2.27. The minimum absolute atomic E-state index is 0.162. The lowest BCUT2D eigenvalue weighted by atomic mass is 10.4. The van der Waals surface area contributed by atoms with Gasteiger partial charge in [-0.25, -0.2) is 0 Å². The highest BCUT2D eigenvalue weighted by atomic mass is 32.2. The van der Waals surface area contributed by atoms with E-state index in [-0.39, 0.29) is 11.4 Å². The van der Waals surface area contributed by atoms with Gasteiger partial charge in [-0.15, -0.1) is 0 Å². The Bertz CT molecular complexity index is 306. The molecule has 1 atom stereocenters. The van der Waals surface area contributed by atoms with Crippen molar-refractivity contribution in [1.82, 2.24) is 0 Å². The SMILES string of the molecule is [B][P+](C(C)C)(C(C)C)C(C)CCS(=O)(=O)O. The number of hydrogen-bond donors (Lipinski definition) is 1. The summed E-state index contributed by atoms with van der Waals surface area (Å²) in [6.07, 6.45) is 0.444. The van der Waals surface area contributed by atoms with Crippen LogP contribution in [0.3, 0.4) is 0 Å². The van der Waals surface area contributed by atoms with Crippen molar-refractivity contribution in [2.75, 3.05) is 5.75 Å². The van der Waals surface area contributed by atoms with Gasteiger partial charge in [0.25, 0.3) is 10.1 Å². The highest BCUT2D eigenvalue weighted by molar-refractivity contribution is 7.98. The van der Waals surface area contributed by atoms with Gasteiger partial charge in [0.05, 0.1) is 11.4 Å². The molecule has 0 rings (SSSR count). The average Bonchev–Trinajstić information content (AvgIpc) is 2.10. The van der Waals surface area contributed by atoms with E-state index in [1.165, 1.54) is 0 Å². The van der Waals surface area contributed by atoms with Crippen molar-refractivity contribution in [3.8, 4) is 0 Å². The molecule has 0 aromatic heterocycles. The maximum atomic E-state index is 10.7. The molecule has 3 nitrogen and oxygen atoms in total. The van der Waals surface area contributed by atoms with Gasteiger partial charge in [0.2, 0.25) is 0 Å². The van der Waals surface area contributed by atoms with Crippen LogP contribution < -0.4 is 0 Å². The van der Waals surface area contributed by atoms with E-state index >= 15 is 0 Å².